The molecule has 0 aliphatic heterocycles. The lowest BCUT2D eigenvalue weighted by atomic mass is 9.88. The van der Waals surface area contributed by atoms with Crippen molar-refractivity contribution in [3.05, 3.63) is 70.9 Å². The summed E-state index contributed by atoms with van der Waals surface area (Å²) < 4.78 is 52.3. The van der Waals surface area contributed by atoms with E-state index in [1.54, 1.807) is 24.3 Å². The molecule has 2 amide bonds. The van der Waals surface area contributed by atoms with E-state index in [2.05, 4.69) is 70.6 Å². The van der Waals surface area contributed by atoms with E-state index in [0.717, 1.165) is 25.7 Å². The minimum Gasteiger partial charge on any atom is -0.377 e. The van der Waals surface area contributed by atoms with Crippen molar-refractivity contribution < 1.29 is 32.6 Å². The van der Waals surface area contributed by atoms with Crippen molar-refractivity contribution in [1.29, 1.82) is 0 Å². The van der Waals surface area contributed by atoms with Crippen LogP contribution in [0, 0.1) is 24.2 Å². The molecular formula is C40H47Br2F2N7O7. The van der Waals surface area contributed by atoms with Crippen LogP contribution in [0.2, 0.25) is 0 Å². The molecule has 2 heterocycles. The van der Waals surface area contributed by atoms with Crippen molar-refractivity contribution in [2.45, 2.75) is 88.6 Å². The van der Waals surface area contributed by atoms with Crippen molar-refractivity contribution in [2.24, 2.45) is 0 Å². The first-order chi connectivity index (χ1) is 28.0. The molecule has 2 atom stereocenters. The summed E-state index contributed by atoms with van der Waals surface area (Å²) in [6.45, 7) is 1.59. The normalized spacial score (nSPS) is 19.3. The number of amides is 2. The zero-order valence-corrected chi connectivity index (χ0v) is 35.3. The van der Waals surface area contributed by atoms with Gasteiger partial charge in [-0.05, 0) is 88.1 Å². The van der Waals surface area contributed by atoms with Crippen LogP contribution in [0.1, 0.15) is 74.7 Å². The number of hydrogen-bond donors (Lipinski definition) is 2. The van der Waals surface area contributed by atoms with Crippen molar-refractivity contribution in [3.63, 3.8) is 0 Å². The lowest BCUT2D eigenvalue weighted by Crippen LogP contribution is -2.44. The molecule has 0 radical (unpaired) electrons. The fourth-order valence-corrected chi connectivity index (χ4v) is 7.41. The highest BCUT2D eigenvalue weighted by molar-refractivity contribution is 9.13. The topological polar surface area (TPSA) is 161 Å². The Morgan fingerprint density at radius 2 is 1.43 bits per heavy atom. The smallest absolute Gasteiger partial charge is 0.281 e. The standard InChI is InChI=1S/C40H47Br2F2N7O7/c1-2-21-49-35(52)32(41)33(42)36(53)50(49)28-29-12-14-30(15-13-29)51-31-11-7-6-10-18-40(44,34(31)47-48-51)38(55)46-20-23-57-25-27-58-26-24-56-22-19-45-37(54)39(43)16-8-4-3-5-9-17-39/h1,12-15H,3-8,10-11,16,18-28H2,(H,45,54)(H,46,55). The summed E-state index contributed by atoms with van der Waals surface area (Å²) in [6.07, 6.45) is 11.0. The zero-order chi connectivity index (χ0) is 41.5. The largest absolute Gasteiger partial charge is 0.377 e. The fraction of sp³-hybridized carbons (Fsp3) is 0.550. The monoisotopic (exact) mass is 933 g/mol. The van der Waals surface area contributed by atoms with Crippen molar-refractivity contribution >= 4 is 43.7 Å². The summed E-state index contributed by atoms with van der Waals surface area (Å²) in [5.74, 6) is 6.10. The number of ether oxygens (including phenoxy) is 3. The number of hydrogen-bond acceptors (Lipinski definition) is 9. The highest BCUT2D eigenvalue weighted by atomic mass is 79.9. The molecule has 0 bridgehead atoms. The number of halogens is 4. The number of nitrogens with zero attached hydrogens (tertiary/aromatic N) is 5. The maximum Gasteiger partial charge on any atom is 0.281 e. The van der Waals surface area contributed by atoms with Crippen LogP contribution < -0.4 is 21.8 Å². The minimum absolute atomic E-state index is 0.0205. The van der Waals surface area contributed by atoms with Gasteiger partial charge in [0.1, 0.15) is 21.2 Å². The molecule has 18 heteroatoms. The van der Waals surface area contributed by atoms with Crippen LogP contribution >= 0.6 is 31.9 Å². The Morgan fingerprint density at radius 3 is 2.10 bits per heavy atom. The van der Waals surface area contributed by atoms with E-state index >= 15 is 4.39 Å². The Kier molecular flexibility index (Phi) is 16.8. The third-order valence-corrected chi connectivity index (χ3v) is 11.8. The molecule has 14 nitrogen and oxygen atoms in total. The lowest BCUT2D eigenvalue weighted by molar-refractivity contribution is -0.135. The molecule has 2 N–H and O–H groups in total. The first kappa shape index (κ1) is 44.9. The third-order valence-electron chi connectivity index (χ3n) is 9.79. The van der Waals surface area contributed by atoms with Crippen LogP contribution in [0.3, 0.4) is 0 Å². The van der Waals surface area contributed by atoms with Gasteiger partial charge in [0.05, 0.1) is 57.6 Å². The number of benzene rings is 1. The predicted molar refractivity (Wildman–Crippen MR) is 218 cm³/mol. The number of carbonyl (C=O) groups is 2. The summed E-state index contributed by atoms with van der Waals surface area (Å²) in [5, 5.41) is 13.6. The average Bonchev–Trinajstić information content (AvgIpc) is 3.63. The average molecular weight is 936 g/mol. The van der Waals surface area contributed by atoms with Gasteiger partial charge in [0.25, 0.3) is 22.9 Å². The number of carbonyl (C=O) groups excluding carboxylic acids is 2. The summed E-state index contributed by atoms with van der Waals surface area (Å²) in [4.78, 5) is 51.4. The maximum absolute atomic E-state index is 16.7. The van der Waals surface area contributed by atoms with Gasteiger partial charge in [0.15, 0.2) is 0 Å². The van der Waals surface area contributed by atoms with Gasteiger partial charge in [0.2, 0.25) is 11.3 Å². The molecule has 0 saturated heterocycles. The summed E-state index contributed by atoms with van der Waals surface area (Å²) in [6, 6.07) is 7.02. The number of nitrogens with one attached hydrogen (secondary N) is 2. The van der Waals surface area contributed by atoms with Gasteiger partial charge in [0, 0.05) is 25.9 Å². The van der Waals surface area contributed by atoms with Crippen LogP contribution in [0.4, 0.5) is 8.78 Å². The number of aromatic nitrogens is 5. The van der Waals surface area contributed by atoms with E-state index < -0.39 is 34.3 Å². The van der Waals surface area contributed by atoms with E-state index in [1.807, 2.05) is 0 Å². The summed E-state index contributed by atoms with van der Waals surface area (Å²) in [5.41, 5.74) is -3.68. The van der Waals surface area contributed by atoms with Crippen molar-refractivity contribution in [1.82, 2.24) is 35.0 Å². The molecule has 0 fully saturated rings. The van der Waals surface area contributed by atoms with Gasteiger partial charge in [-0.2, -0.15) is 0 Å². The molecular weight excluding hydrogens is 888 g/mol. The molecule has 2 aliphatic carbocycles. The number of rotatable bonds is 18. The molecule has 1 aromatic carbocycles. The second kappa shape index (κ2) is 21.7. The van der Waals surface area contributed by atoms with Gasteiger partial charge in [-0.25, -0.2) is 22.8 Å². The van der Waals surface area contributed by atoms with E-state index in [-0.39, 0.29) is 93.3 Å². The van der Waals surface area contributed by atoms with E-state index in [9.17, 15) is 23.6 Å². The van der Waals surface area contributed by atoms with Crippen molar-refractivity contribution in [3.8, 4) is 29.9 Å². The first-order valence-electron chi connectivity index (χ1n) is 19.3. The maximum atomic E-state index is 16.7. The Hall–Kier alpha value is -4.20. The zero-order valence-electron chi connectivity index (χ0n) is 32.1. The lowest BCUT2D eigenvalue weighted by Gasteiger charge is -2.25. The predicted octanol–water partition coefficient (Wildman–Crippen LogP) is 4.04. The molecule has 3 aromatic rings. The van der Waals surface area contributed by atoms with E-state index in [0.29, 0.717) is 42.6 Å². The van der Waals surface area contributed by atoms with Crippen molar-refractivity contribution in [2.75, 3.05) is 52.7 Å². The second-order valence-electron chi connectivity index (χ2n) is 13.9. The second-order valence-corrected chi connectivity index (χ2v) is 15.5. The van der Waals surface area contributed by atoms with Gasteiger partial charge in [-0.1, -0.05) is 47.9 Å². The Balaban J connectivity index is 1.05. The first-order valence-corrected chi connectivity index (χ1v) is 20.9. The molecule has 2 unspecified atom stereocenters. The highest BCUT2D eigenvalue weighted by Crippen LogP contribution is 2.36. The molecule has 2 aromatic heterocycles. The van der Waals surface area contributed by atoms with E-state index in [1.165, 1.54) is 14.0 Å². The highest BCUT2D eigenvalue weighted by Gasteiger charge is 2.46. The SMILES string of the molecule is C#CCn1c(=O)c(Br)c(Br)c(=O)n1Cc1ccc(-n2nnc3c2CCCCCC3(F)C(=O)NCCOCCOCCOCCNC(=O)C2(F)C#CCCCCC2)cc1. The van der Waals surface area contributed by atoms with Crippen LogP contribution in [-0.4, -0.2) is 94.6 Å². The third kappa shape index (κ3) is 11.3. The quantitative estimate of drug-likeness (QED) is 0.142. The fourth-order valence-electron chi connectivity index (χ4n) is 6.66. The van der Waals surface area contributed by atoms with Crippen LogP contribution in [-0.2, 0) is 49.0 Å². The molecule has 312 valence electrons. The Bertz CT molecular complexity index is 2130. The van der Waals surface area contributed by atoms with Gasteiger partial charge in [-0.3, -0.25) is 19.2 Å². The Morgan fingerprint density at radius 1 is 0.828 bits per heavy atom. The molecule has 58 heavy (non-hydrogen) atoms. The Labute approximate surface area is 352 Å². The van der Waals surface area contributed by atoms with Gasteiger partial charge < -0.3 is 24.8 Å². The van der Waals surface area contributed by atoms with Crippen LogP contribution in [0.25, 0.3) is 5.69 Å². The molecule has 0 spiro atoms. The molecule has 0 saturated carbocycles. The number of fused-ring (bicyclic) bond motifs is 1. The van der Waals surface area contributed by atoms with E-state index in [4.69, 9.17) is 20.6 Å². The summed E-state index contributed by atoms with van der Waals surface area (Å²) in [7, 11) is 0. The number of alkyl halides is 2. The minimum atomic E-state index is -2.40. The van der Waals surface area contributed by atoms with Crippen LogP contribution in [0.15, 0.2) is 42.8 Å². The van der Waals surface area contributed by atoms with Gasteiger partial charge in [-0.15, -0.1) is 11.5 Å². The van der Waals surface area contributed by atoms with Crippen LogP contribution in [0.5, 0.6) is 0 Å². The molecule has 2 aliphatic rings. The van der Waals surface area contributed by atoms with Gasteiger partial charge >= 0.3 is 0 Å². The number of terminal acetylenes is 1. The molecule has 5 rings (SSSR count). The summed E-state index contributed by atoms with van der Waals surface area (Å²) >= 11 is 6.33.